The molecule has 0 aliphatic rings. The molecule has 0 fully saturated rings. The average Bonchev–Trinajstić information content (AvgIpc) is 2.81. The number of nitrogens with zero attached hydrogens (tertiary/aromatic N) is 2. The Morgan fingerprint density at radius 2 is 1.72 bits per heavy atom. The van der Waals surface area contributed by atoms with Gasteiger partial charge < -0.3 is 20.1 Å². The largest absolute Gasteiger partial charge is 0.507 e. The zero-order valence-electron chi connectivity index (χ0n) is 17.6. The van der Waals surface area contributed by atoms with Crippen molar-refractivity contribution >= 4 is 16.7 Å². The number of rotatable bonds is 7. The van der Waals surface area contributed by atoms with Gasteiger partial charge in [0, 0.05) is 30.4 Å². The molecule has 0 aliphatic heterocycles. The van der Waals surface area contributed by atoms with Gasteiger partial charge in [-0.25, -0.2) is 0 Å². The number of phenols is 1. The minimum Gasteiger partial charge on any atom is -0.507 e. The molecule has 0 amide bonds. The van der Waals surface area contributed by atoms with Crippen LogP contribution in [-0.4, -0.2) is 25.5 Å². The molecule has 4 rings (SSSR count). The van der Waals surface area contributed by atoms with Crippen LogP contribution in [0.3, 0.4) is 0 Å². The summed E-state index contributed by atoms with van der Waals surface area (Å²) in [6, 6.07) is 17.1. The van der Waals surface area contributed by atoms with E-state index in [9.17, 15) is 19.8 Å². The fraction of sp³-hybridized carbons (Fsp3) is 0.160. The van der Waals surface area contributed by atoms with E-state index in [1.165, 1.54) is 4.57 Å². The first-order valence-corrected chi connectivity index (χ1v) is 10.3. The van der Waals surface area contributed by atoms with Gasteiger partial charge in [-0.2, -0.15) is 0 Å². The minimum atomic E-state index is -0.545. The van der Waals surface area contributed by atoms with Gasteiger partial charge >= 0.3 is 0 Å². The van der Waals surface area contributed by atoms with Gasteiger partial charge in [-0.15, -0.1) is 0 Å². The lowest BCUT2D eigenvalue weighted by molar-refractivity contribution is -0.710. The van der Waals surface area contributed by atoms with E-state index in [0.717, 1.165) is 5.56 Å². The van der Waals surface area contributed by atoms with Gasteiger partial charge in [0.1, 0.15) is 29.6 Å². The number of hydrogen-bond donors (Lipinski definition) is 3. The molecule has 0 unspecified atom stereocenters. The van der Waals surface area contributed by atoms with Crippen molar-refractivity contribution in [1.29, 1.82) is 0 Å². The maximum absolute atomic E-state index is 13.3. The topological polar surface area (TPSA) is 109 Å². The molecule has 32 heavy (non-hydrogen) atoms. The Morgan fingerprint density at radius 1 is 1.03 bits per heavy atom. The number of carbonyl (C=O) groups excluding carboxylic acids is 1. The number of carbonyl (C=O) groups is 1. The van der Waals surface area contributed by atoms with Gasteiger partial charge in [-0.1, -0.05) is 24.3 Å². The number of hydrogen-bond acceptors (Lipinski definition) is 5. The second-order valence-corrected chi connectivity index (χ2v) is 7.69. The molecular weight excluding hydrogens is 406 g/mol. The standard InChI is InChI=1S/C25H23N3O4/c1-28-20-8-4-2-7-18(20)24(31)23(25(28)32)22(30)14-19(17-6-3-5-9-21(17)29)27-15-16-10-12-26-13-11-16/h2-13,19,27,29,31H,14-15H2,1H3/p+1/t19-/m1/s1. The Labute approximate surface area is 184 Å². The molecule has 2 aromatic heterocycles. The summed E-state index contributed by atoms with van der Waals surface area (Å²) in [7, 11) is 1.58. The zero-order valence-corrected chi connectivity index (χ0v) is 17.6. The number of nitrogens with two attached hydrogens (primary N) is 1. The predicted molar refractivity (Wildman–Crippen MR) is 121 cm³/mol. The molecular formula is C25H24N3O4+. The predicted octanol–water partition coefficient (Wildman–Crippen LogP) is 2.42. The van der Waals surface area contributed by atoms with Crippen LogP contribution in [0.5, 0.6) is 11.5 Å². The van der Waals surface area contributed by atoms with E-state index in [2.05, 4.69) is 4.98 Å². The van der Waals surface area contributed by atoms with E-state index in [-0.39, 0.29) is 23.5 Å². The lowest BCUT2D eigenvalue weighted by Crippen LogP contribution is -2.84. The van der Waals surface area contributed by atoms with E-state index in [4.69, 9.17) is 0 Å². The van der Waals surface area contributed by atoms with Crippen LogP contribution in [0.15, 0.2) is 77.9 Å². The van der Waals surface area contributed by atoms with Crippen LogP contribution in [0, 0.1) is 0 Å². The zero-order chi connectivity index (χ0) is 22.7. The van der Waals surface area contributed by atoms with Gasteiger partial charge in [0.05, 0.1) is 17.5 Å². The fourth-order valence-electron chi connectivity index (χ4n) is 3.95. The summed E-state index contributed by atoms with van der Waals surface area (Å²) < 4.78 is 1.37. The Balaban J connectivity index is 1.70. The Bertz CT molecular complexity index is 1330. The number of aromatic hydroxyl groups is 2. The number of Topliss-reactive ketones (excluding diaryl/α,β-unsaturated/α-hetero) is 1. The van der Waals surface area contributed by atoms with Crippen LogP contribution in [-0.2, 0) is 13.6 Å². The quantitative estimate of drug-likeness (QED) is 0.390. The van der Waals surface area contributed by atoms with Gasteiger partial charge in [0.25, 0.3) is 5.56 Å². The van der Waals surface area contributed by atoms with Gasteiger partial charge in [-0.05, 0) is 36.4 Å². The van der Waals surface area contributed by atoms with Crippen molar-refractivity contribution in [3.8, 4) is 11.5 Å². The molecule has 0 spiro atoms. The Morgan fingerprint density at radius 3 is 2.47 bits per heavy atom. The first-order chi connectivity index (χ1) is 15.5. The first-order valence-electron chi connectivity index (χ1n) is 10.3. The highest BCUT2D eigenvalue weighted by atomic mass is 16.3. The maximum Gasteiger partial charge on any atom is 0.265 e. The smallest absolute Gasteiger partial charge is 0.265 e. The lowest BCUT2D eigenvalue weighted by atomic mass is 9.96. The SMILES string of the molecule is Cn1c(=O)c(C(=O)C[C@@H]([NH2+]Cc2ccncc2)c2ccccc2O)c(O)c2ccccc21. The van der Waals surface area contributed by atoms with Crippen LogP contribution in [0.4, 0.5) is 0 Å². The number of pyridine rings is 2. The number of aromatic nitrogens is 2. The van der Waals surface area contributed by atoms with Crippen LogP contribution in [0.25, 0.3) is 10.9 Å². The maximum atomic E-state index is 13.3. The molecule has 0 bridgehead atoms. The van der Waals surface area contributed by atoms with Gasteiger partial charge in [0.2, 0.25) is 0 Å². The normalized spacial score (nSPS) is 12.0. The summed E-state index contributed by atoms with van der Waals surface area (Å²) in [5.41, 5.74) is 1.37. The third-order valence-electron chi connectivity index (χ3n) is 5.68. The van der Waals surface area contributed by atoms with Crippen LogP contribution >= 0.6 is 0 Å². The van der Waals surface area contributed by atoms with Crippen LogP contribution in [0.1, 0.15) is 33.9 Å². The summed E-state index contributed by atoms with van der Waals surface area (Å²) in [6.45, 7) is 0.552. The van der Waals surface area contributed by atoms with Crippen LogP contribution < -0.4 is 10.9 Å². The lowest BCUT2D eigenvalue weighted by Gasteiger charge is -2.18. The number of fused-ring (bicyclic) bond motifs is 1. The number of benzene rings is 2. The van der Waals surface area contributed by atoms with Gasteiger partial charge in [0.15, 0.2) is 5.78 Å². The molecule has 0 aliphatic carbocycles. The molecule has 2 heterocycles. The second-order valence-electron chi connectivity index (χ2n) is 7.69. The monoisotopic (exact) mass is 430 g/mol. The molecule has 4 aromatic rings. The van der Waals surface area contributed by atoms with Crippen molar-refractivity contribution in [1.82, 2.24) is 9.55 Å². The molecule has 7 nitrogen and oxygen atoms in total. The number of ketones is 1. The number of phenolic OH excluding ortho intramolecular Hbond substituents is 1. The van der Waals surface area contributed by atoms with E-state index in [1.807, 2.05) is 17.4 Å². The molecule has 162 valence electrons. The molecule has 0 saturated carbocycles. The van der Waals surface area contributed by atoms with Crippen molar-refractivity contribution in [3.63, 3.8) is 0 Å². The van der Waals surface area contributed by atoms with Crippen molar-refractivity contribution in [2.45, 2.75) is 19.0 Å². The fourth-order valence-corrected chi connectivity index (χ4v) is 3.95. The first kappa shape index (κ1) is 21.3. The van der Waals surface area contributed by atoms with E-state index >= 15 is 0 Å². The molecule has 4 N–H and O–H groups in total. The van der Waals surface area contributed by atoms with Crippen molar-refractivity contribution in [3.05, 3.63) is 100 Å². The number of para-hydroxylation sites is 2. The summed E-state index contributed by atoms with van der Waals surface area (Å²) in [4.78, 5) is 30.2. The Kier molecular flexibility index (Phi) is 6.00. The molecule has 1 atom stereocenters. The van der Waals surface area contributed by atoms with Crippen molar-refractivity contribution in [2.24, 2.45) is 7.05 Å². The summed E-state index contributed by atoms with van der Waals surface area (Å²) in [5, 5.41) is 23.5. The van der Waals surface area contributed by atoms with Crippen molar-refractivity contribution in [2.75, 3.05) is 0 Å². The molecule has 2 aromatic carbocycles. The molecule has 7 heteroatoms. The second kappa shape index (κ2) is 9.03. The van der Waals surface area contributed by atoms with E-state index < -0.39 is 17.4 Å². The van der Waals surface area contributed by atoms with Crippen LogP contribution in [0.2, 0.25) is 0 Å². The third kappa shape index (κ3) is 4.10. The number of aryl methyl sites for hydroxylation is 1. The average molecular weight is 430 g/mol. The summed E-state index contributed by atoms with van der Waals surface area (Å²) in [5.74, 6) is -0.709. The van der Waals surface area contributed by atoms with Gasteiger partial charge in [-0.3, -0.25) is 14.6 Å². The molecule has 0 saturated heterocycles. The molecule has 0 radical (unpaired) electrons. The Hall–Kier alpha value is -3.97. The third-order valence-corrected chi connectivity index (χ3v) is 5.68. The highest BCUT2D eigenvalue weighted by Gasteiger charge is 2.27. The summed E-state index contributed by atoms with van der Waals surface area (Å²) >= 11 is 0. The number of quaternary nitrogens is 1. The summed E-state index contributed by atoms with van der Waals surface area (Å²) in [6.07, 6.45) is 3.32. The minimum absolute atomic E-state index is 0.0657. The van der Waals surface area contributed by atoms with Crippen molar-refractivity contribution < 1.29 is 20.3 Å². The highest BCUT2D eigenvalue weighted by molar-refractivity contribution is 6.03. The van der Waals surface area contributed by atoms with E-state index in [1.54, 1.807) is 68.0 Å². The van der Waals surface area contributed by atoms with E-state index in [0.29, 0.717) is 23.0 Å². The highest BCUT2D eigenvalue weighted by Crippen LogP contribution is 2.29.